The molecule has 2 heterocycles. The Hall–Kier alpha value is -0.723. The van der Waals surface area contributed by atoms with Gasteiger partial charge in [-0.1, -0.05) is 0 Å². The fraction of sp³-hybridized carbons (Fsp3) is 0.500. The molecule has 0 unspecified atom stereocenters. The van der Waals surface area contributed by atoms with Gasteiger partial charge in [0.15, 0.2) is 5.82 Å². The first-order chi connectivity index (χ1) is 5.79. The van der Waals surface area contributed by atoms with Crippen LogP contribution < -0.4 is 24.0 Å². The molecule has 0 fully saturated rings. The first-order valence-corrected chi connectivity index (χ1v) is 4.05. The fourth-order valence-corrected chi connectivity index (χ4v) is 1.60. The second-order valence-electron chi connectivity index (χ2n) is 2.97. The average Bonchev–Trinajstić information content (AvgIpc) is 2.47. The van der Waals surface area contributed by atoms with Crippen molar-refractivity contribution in [2.45, 2.75) is 25.8 Å². The Kier molecular flexibility index (Phi) is 3.18. The minimum atomic E-state index is -1.18. The summed E-state index contributed by atoms with van der Waals surface area (Å²) in [6, 6.07) is 0. The summed E-state index contributed by atoms with van der Waals surface area (Å²) < 4.78 is 1.73. The summed E-state index contributed by atoms with van der Waals surface area (Å²) in [5.41, 5.74) is 1.01. The molecule has 1 aromatic heterocycles. The van der Waals surface area contributed by atoms with Crippen LogP contribution in [0.2, 0.25) is 0 Å². The number of carbonyl (C=O) groups is 1. The van der Waals surface area contributed by atoms with E-state index in [4.69, 9.17) is 0 Å². The van der Waals surface area contributed by atoms with Crippen molar-refractivity contribution in [2.75, 3.05) is 0 Å². The Morgan fingerprint density at radius 3 is 3.00 bits per heavy atom. The molecule has 4 nitrogen and oxygen atoms in total. The van der Waals surface area contributed by atoms with Gasteiger partial charge in [-0.2, -0.15) is 0 Å². The summed E-state index contributed by atoms with van der Waals surface area (Å²) in [4.78, 5) is 14.3. The van der Waals surface area contributed by atoms with Gasteiger partial charge in [-0.25, -0.2) is 4.98 Å². The molecular weight excluding hydrogens is 163 g/mol. The van der Waals surface area contributed by atoms with Crippen LogP contribution in [0.5, 0.6) is 0 Å². The van der Waals surface area contributed by atoms with Crippen molar-refractivity contribution in [3.63, 3.8) is 0 Å². The van der Waals surface area contributed by atoms with Gasteiger partial charge in [0.2, 0.25) is 0 Å². The standard InChI is InChI=1S/C8H10N2O2.Li/c11-8(12)7-9-5-6-3-1-2-4-10(6)7;/h5H,1-4H2,(H,11,12);/q;+1/p-1. The number of aromatic carboxylic acids is 1. The summed E-state index contributed by atoms with van der Waals surface area (Å²) in [6.07, 6.45) is 4.71. The molecule has 0 atom stereocenters. The van der Waals surface area contributed by atoms with Crippen molar-refractivity contribution in [3.8, 4) is 0 Å². The van der Waals surface area contributed by atoms with Gasteiger partial charge in [-0.3, -0.25) is 0 Å². The van der Waals surface area contributed by atoms with E-state index < -0.39 is 5.97 Å². The molecule has 0 amide bonds. The van der Waals surface area contributed by atoms with Gasteiger partial charge in [0, 0.05) is 18.4 Å². The van der Waals surface area contributed by atoms with Gasteiger partial charge >= 0.3 is 18.9 Å². The Bertz CT molecular complexity index is 322. The largest absolute Gasteiger partial charge is 1.00 e. The first kappa shape index (κ1) is 10.4. The van der Waals surface area contributed by atoms with Gasteiger partial charge in [0.05, 0.1) is 0 Å². The molecule has 5 heteroatoms. The summed E-state index contributed by atoms with van der Waals surface area (Å²) in [6.45, 7) is 0.763. The number of hydrogen-bond donors (Lipinski definition) is 0. The first-order valence-electron chi connectivity index (χ1n) is 4.05. The molecule has 13 heavy (non-hydrogen) atoms. The zero-order valence-corrected chi connectivity index (χ0v) is 7.62. The maximum atomic E-state index is 10.5. The van der Waals surface area contributed by atoms with E-state index >= 15 is 0 Å². The number of fused-ring (bicyclic) bond motifs is 1. The number of hydrogen-bond acceptors (Lipinski definition) is 3. The van der Waals surface area contributed by atoms with Gasteiger partial charge in [-0.15, -0.1) is 0 Å². The van der Waals surface area contributed by atoms with Crippen LogP contribution in [0, 0.1) is 0 Å². The van der Waals surface area contributed by atoms with E-state index in [-0.39, 0.29) is 24.7 Å². The SMILES string of the molecule is O=C([O-])c1ncc2n1CCCC2.[Li+]. The summed E-state index contributed by atoms with van der Waals surface area (Å²) in [7, 11) is 0. The second-order valence-corrected chi connectivity index (χ2v) is 2.97. The molecule has 0 spiro atoms. The van der Waals surface area contributed by atoms with Crippen LogP contribution in [0.4, 0.5) is 0 Å². The van der Waals surface area contributed by atoms with E-state index in [2.05, 4.69) is 4.98 Å². The molecule has 0 radical (unpaired) electrons. The Morgan fingerprint density at radius 2 is 2.31 bits per heavy atom. The number of carboxylic acid groups (broad SMARTS) is 1. The Morgan fingerprint density at radius 1 is 1.54 bits per heavy atom. The van der Waals surface area contributed by atoms with Crippen LogP contribution in [-0.4, -0.2) is 15.5 Å². The van der Waals surface area contributed by atoms with E-state index in [1.54, 1.807) is 10.8 Å². The molecule has 0 aliphatic carbocycles. The van der Waals surface area contributed by atoms with Crippen molar-refractivity contribution in [1.29, 1.82) is 0 Å². The van der Waals surface area contributed by atoms with Crippen LogP contribution in [0.25, 0.3) is 0 Å². The summed E-state index contributed by atoms with van der Waals surface area (Å²) in [5, 5.41) is 10.5. The fourth-order valence-electron chi connectivity index (χ4n) is 1.60. The number of aromatic nitrogens is 2. The van der Waals surface area contributed by atoms with Crippen molar-refractivity contribution in [3.05, 3.63) is 17.7 Å². The molecule has 64 valence electrons. The molecule has 0 N–H and O–H groups in total. The molecular formula is C8H9LiN2O2. The third kappa shape index (κ3) is 1.79. The second kappa shape index (κ2) is 3.99. The molecule has 0 saturated heterocycles. The van der Waals surface area contributed by atoms with Crippen LogP contribution in [0.3, 0.4) is 0 Å². The Labute approximate surface area is 88.1 Å². The van der Waals surface area contributed by atoms with Gasteiger partial charge in [0.25, 0.3) is 0 Å². The van der Waals surface area contributed by atoms with Crippen molar-refractivity contribution in [2.24, 2.45) is 0 Å². The smallest absolute Gasteiger partial charge is 0.542 e. The average molecular weight is 172 g/mol. The van der Waals surface area contributed by atoms with Gasteiger partial charge < -0.3 is 14.5 Å². The van der Waals surface area contributed by atoms with Crippen molar-refractivity contribution < 1.29 is 28.8 Å². The minimum Gasteiger partial charge on any atom is -0.542 e. The third-order valence-corrected chi connectivity index (χ3v) is 2.19. The summed E-state index contributed by atoms with van der Waals surface area (Å²) in [5.74, 6) is -1.10. The molecule has 2 rings (SSSR count). The Balaban J connectivity index is 0.000000845. The zero-order chi connectivity index (χ0) is 8.55. The van der Waals surface area contributed by atoms with Crippen molar-refractivity contribution in [1.82, 2.24) is 9.55 Å². The van der Waals surface area contributed by atoms with Gasteiger partial charge in [-0.05, 0) is 19.3 Å². The minimum absolute atomic E-state index is 0. The molecule has 1 aliphatic rings. The number of aryl methyl sites for hydroxylation is 1. The normalized spacial score (nSPS) is 14.5. The van der Waals surface area contributed by atoms with E-state index in [9.17, 15) is 9.90 Å². The predicted molar refractivity (Wildman–Crippen MR) is 39.5 cm³/mol. The van der Waals surface area contributed by atoms with E-state index in [1.165, 1.54) is 0 Å². The topological polar surface area (TPSA) is 57.9 Å². The summed E-state index contributed by atoms with van der Waals surface area (Å²) >= 11 is 0. The van der Waals surface area contributed by atoms with Crippen LogP contribution in [0.1, 0.15) is 29.2 Å². The molecule has 1 aromatic rings. The van der Waals surface area contributed by atoms with E-state index in [1.807, 2.05) is 0 Å². The van der Waals surface area contributed by atoms with Gasteiger partial charge in [0.1, 0.15) is 5.97 Å². The quantitative estimate of drug-likeness (QED) is 0.415. The van der Waals surface area contributed by atoms with Crippen LogP contribution in [-0.2, 0) is 13.0 Å². The van der Waals surface area contributed by atoms with Crippen LogP contribution >= 0.6 is 0 Å². The van der Waals surface area contributed by atoms with E-state index in [0.717, 1.165) is 31.5 Å². The number of nitrogens with zero attached hydrogens (tertiary/aromatic N) is 2. The van der Waals surface area contributed by atoms with Crippen molar-refractivity contribution >= 4 is 5.97 Å². The maximum Gasteiger partial charge on any atom is 1.00 e. The predicted octanol–water partition coefficient (Wildman–Crippen LogP) is -3.41. The van der Waals surface area contributed by atoms with E-state index in [0.29, 0.717) is 0 Å². The van der Waals surface area contributed by atoms with Crippen LogP contribution in [0.15, 0.2) is 6.20 Å². The molecule has 0 aromatic carbocycles. The molecule has 0 saturated carbocycles. The zero-order valence-electron chi connectivity index (χ0n) is 7.62. The molecule has 1 aliphatic heterocycles. The number of rotatable bonds is 1. The monoisotopic (exact) mass is 172 g/mol. The number of carboxylic acids is 1. The number of imidazole rings is 1. The third-order valence-electron chi connectivity index (χ3n) is 2.19. The maximum absolute atomic E-state index is 10.5. The molecule has 0 bridgehead atoms. The number of carbonyl (C=O) groups excluding carboxylic acids is 1.